The Bertz CT molecular complexity index is 309. The average molecular weight is 265 g/mol. The van der Waals surface area contributed by atoms with Crippen molar-refractivity contribution in [2.24, 2.45) is 0 Å². The van der Waals surface area contributed by atoms with Crippen LogP contribution in [-0.4, -0.2) is 60.5 Å². The maximum Gasteiger partial charge on any atom is 0.236 e. The summed E-state index contributed by atoms with van der Waals surface area (Å²) in [5, 5.41) is 3.44. The monoisotopic (exact) mass is 265 g/mol. The van der Waals surface area contributed by atoms with E-state index in [1.165, 1.54) is 58.0 Å². The topological polar surface area (TPSA) is 35.6 Å². The lowest BCUT2D eigenvalue weighted by Crippen LogP contribution is -2.42. The van der Waals surface area contributed by atoms with E-state index in [4.69, 9.17) is 0 Å². The maximum atomic E-state index is 12.2. The molecule has 4 heteroatoms. The summed E-state index contributed by atoms with van der Waals surface area (Å²) in [4.78, 5) is 16.9. The normalized spacial score (nSPS) is 29.5. The van der Waals surface area contributed by atoms with E-state index in [9.17, 15) is 4.79 Å². The molecule has 1 unspecified atom stereocenters. The Morgan fingerprint density at radius 2 is 1.74 bits per heavy atom. The number of likely N-dealkylation sites (tertiary alicyclic amines) is 2. The molecule has 3 fully saturated rings. The first-order valence-electron chi connectivity index (χ1n) is 8.08. The fraction of sp³-hybridized carbons (Fsp3) is 0.933. The van der Waals surface area contributed by atoms with Gasteiger partial charge in [0, 0.05) is 25.2 Å². The van der Waals surface area contributed by atoms with E-state index >= 15 is 0 Å². The first-order valence-corrected chi connectivity index (χ1v) is 8.08. The van der Waals surface area contributed by atoms with Crippen molar-refractivity contribution in [1.29, 1.82) is 0 Å². The van der Waals surface area contributed by atoms with E-state index in [-0.39, 0.29) is 0 Å². The summed E-state index contributed by atoms with van der Waals surface area (Å²) in [5.74, 6) is 0.314. The summed E-state index contributed by atoms with van der Waals surface area (Å²) in [5.41, 5.74) is 0. The Hall–Kier alpha value is -0.610. The Balaban J connectivity index is 1.40. The Morgan fingerprint density at radius 1 is 1.00 bits per heavy atom. The van der Waals surface area contributed by atoms with Crippen LogP contribution in [0.5, 0.6) is 0 Å². The third-order valence-electron chi connectivity index (χ3n) is 5.07. The number of carbonyl (C=O) groups is 1. The van der Waals surface area contributed by atoms with Crippen molar-refractivity contribution >= 4 is 5.91 Å². The van der Waals surface area contributed by atoms with Crippen molar-refractivity contribution < 1.29 is 4.79 Å². The zero-order valence-corrected chi connectivity index (χ0v) is 11.9. The molecule has 2 saturated heterocycles. The van der Waals surface area contributed by atoms with Crippen LogP contribution < -0.4 is 5.32 Å². The van der Waals surface area contributed by atoms with E-state index in [0.717, 1.165) is 13.1 Å². The van der Waals surface area contributed by atoms with Gasteiger partial charge >= 0.3 is 0 Å². The van der Waals surface area contributed by atoms with Gasteiger partial charge in [-0.1, -0.05) is 12.8 Å². The number of hydrogen-bond donors (Lipinski definition) is 1. The van der Waals surface area contributed by atoms with Crippen molar-refractivity contribution in [2.75, 3.05) is 32.7 Å². The van der Waals surface area contributed by atoms with E-state index in [2.05, 4.69) is 15.1 Å². The molecule has 3 rings (SSSR count). The zero-order valence-electron chi connectivity index (χ0n) is 11.9. The fourth-order valence-corrected chi connectivity index (χ4v) is 3.85. The minimum absolute atomic E-state index is 0.314. The van der Waals surface area contributed by atoms with Crippen molar-refractivity contribution in [3.63, 3.8) is 0 Å². The molecular formula is C15H27N3O. The van der Waals surface area contributed by atoms with Gasteiger partial charge in [-0.15, -0.1) is 0 Å². The minimum atomic E-state index is 0.314. The van der Waals surface area contributed by atoms with Gasteiger partial charge in [-0.05, 0) is 45.2 Å². The van der Waals surface area contributed by atoms with Crippen molar-refractivity contribution in [3.8, 4) is 0 Å². The second kappa shape index (κ2) is 6.23. The molecule has 0 radical (unpaired) electrons. The molecule has 1 N–H and O–H groups in total. The van der Waals surface area contributed by atoms with Gasteiger partial charge in [-0.25, -0.2) is 0 Å². The standard InChI is InChI=1S/C15H27N3O/c19-15(11-16-13-5-1-2-6-13)18-10-7-14(12-18)17-8-3-4-9-17/h13-14,16H,1-12H2. The summed E-state index contributed by atoms with van der Waals surface area (Å²) >= 11 is 0. The zero-order chi connectivity index (χ0) is 13.1. The molecule has 0 aromatic rings. The smallest absolute Gasteiger partial charge is 0.236 e. The molecule has 0 aromatic heterocycles. The molecule has 1 aliphatic carbocycles. The average Bonchev–Trinajstić information content (AvgIpc) is 3.14. The molecule has 1 atom stereocenters. The van der Waals surface area contributed by atoms with Gasteiger partial charge in [0.25, 0.3) is 0 Å². The first kappa shape index (κ1) is 13.4. The van der Waals surface area contributed by atoms with Crippen LogP contribution in [0.15, 0.2) is 0 Å². The summed E-state index contributed by atoms with van der Waals surface area (Å²) < 4.78 is 0. The highest BCUT2D eigenvalue weighted by molar-refractivity contribution is 5.78. The second-order valence-corrected chi connectivity index (χ2v) is 6.39. The molecule has 2 aliphatic heterocycles. The molecule has 2 heterocycles. The molecule has 3 aliphatic rings. The Kier molecular flexibility index (Phi) is 4.38. The largest absolute Gasteiger partial charge is 0.340 e. The van der Waals surface area contributed by atoms with Crippen LogP contribution >= 0.6 is 0 Å². The summed E-state index contributed by atoms with van der Waals surface area (Å²) in [6, 6.07) is 1.24. The van der Waals surface area contributed by atoms with Gasteiger partial charge in [0.05, 0.1) is 6.54 Å². The molecule has 0 spiro atoms. The number of amides is 1. The number of carbonyl (C=O) groups excluding carboxylic acids is 1. The van der Waals surface area contributed by atoms with Crippen LogP contribution in [0.2, 0.25) is 0 Å². The SMILES string of the molecule is O=C(CNC1CCCC1)N1CCC(N2CCCC2)C1. The van der Waals surface area contributed by atoms with Gasteiger partial charge in [0.15, 0.2) is 0 Å². The highest BCUT2D eigenvalue weighted by atomic mass is 16.2. The molecule has 4 nitrogen and oxygen atoms in total. The predicted octanol–water partition coefficient (Wildman–Crippen LogP) is 1.22. The first-order chi connectivity index (χ1) is 9.33. The minimum Gasteiger partial charge on any atom is -0.340 e. The lowest BCUT2D eigenvalue weighted by atomic mass is 10.2. The molecule has 108 valence electrons. The van der Waals surface area contributed by atoms with Crippen molar-refractivity contribution in [2.45, 2.75) is 57.0 Å². The highest BCUT2D eigenvalue weighted by Crippen LogP contribution is 2.21. The molecular weight excluding hydrogens is 238 g/mol. The summed E-state index contributed by atoms with van der Waals surface area (Å²) in [7, 11) is 0. The van der Waals surface area contributed by atoms with Gasteiger partial charge in [-0.3, -0.25) is 9.69 Å². The van der Waals surface area contributed by atoms with Crippen LogP contribution in [0.1, 0.15) is 44.9 Å². The summed E-state index contributed by atoms with van der Waals surface area (Å²) in [6.45, 7) is 4.97. The fourth-order valence-electron chi connectivity index (χ4n) is 3.85. The van der Waals surface area contributed by atoms with Crippen molar-refractivity contribution in [1.82, 2.24) is 15.1 Å². The third-order valence-corrected chi connectivity index (χ3v) is 5.07. The quantitative estimate of drug-likeness (QED) is 0.830. The highest BCUT2D eigenvalue weighted by Gasteiger charge is 2.31. The third kappa shape index (κ3) is 3.29. The van der Waals surface area contributed by atoms with Crippen LogP contribution in [0.25, 0.3) is 0 Å². The van der Waals surface area contributed by atoms with E-state index in [1.807, 2.05) is 0 Å². The maximum absolute atomic E-state index is 12.2. The van der Waals surface area contributed by atoms with E-state index < -0.39 is 0 Å². The van der Waals surface area contributed by atoms with E-state index in [1.54, 1.807) is 0 Å². The van der Waals surface area contributed by atoms with Gasteiger partial charge < -0.3 is 10.2 Å². The Labute approximate surface area is 116 Å². The number of nitrogens with zero attached hydrogens (tertiary/aromatic N) is 2. The van der Waals surface area contributed by atoms with E-state index in [0.29, 0.717) is 24.5 Å². The molecule has 0 bridgehead atoms. The van der Waals surface area contributed by atoms with Crippen molar-refractivity contribution in [3.05, 3.63) is 0 Å². The molecule has 0 aromatic carbocycles. The summed E-state index contributed by atoms with van der Waals surface area (Å²) in [6.07, 6.45) is 9.02. The molecule has 19 heavy (non-hydrogen) atoms. The number of rotatable bonds is 4. The number of nitrogens with one attached hydrogen (secondary N) is 1. The van der Waals surface area contributed by atoms with Gasteiger partial charge in [-0.2, -0.15) is 0 Å². The second-order valence-electron chi connectivity index (χ2n) is 6.39. The van der Waals surface area contributed by atoms with Crippen LogP contribution in [0, 0.1) is 0 Å². The molecule has 1 amide bonds. The lowest BCUT2D eigenvalue weighted by molar-refractivity contribution is -0.129. The van der Waals surface area contributed by atoms with Gasteiger partial charge in [0.2, 0.25) is 5.91 Å². The number of hydrogen-bond acceptors (Lipinski definition) is 3. The van der Waals surface area contributed by atoms with Gasteiger partial charge in [0.1, 0.15) is 0 Å². The van der Waals surface area contributed by atoms with Crippen LogP contribution in [-0.2, 0) is 4.79 Å². The Morgan fingerprint density at radius 3 is 2.47 bits per heavy atom. The predicted molar refractivity (Wildman–Crippen MR) is 76.1 cm³/mol. The lowest BCUT2D eigenvalue weighted by Gasteiger charge is -2.24. The molecule has 1 saturated carbocycles. The van der Waals surface area contributed by atoms with Crippen LogP contribution in [0.3, 0.4) is 0 Å². The van der Waals surface area contributed by atoms with Crippen LogP contribution in [0.4, 0.5) is 0 Å².